The van der Waals surface area contributed by atoms with Crippen LogP contribution in [0.4, 0.5) is 10.2 Å². The highest BCUT2D eigenvalue weighted by Crippen LogP contribution is 2.32. The molecule has 8 nitrogen and oxygen atoms in total. The Morgan fingerprint density at radius 2 is 1.97 bits per heavy atom. The van der Waals surface area contributed by atoms with Crippen molar-refractivity contribution < 1.29 is 13.9 Å². The maximum atomic E-state index is 13.5. The summed E-state index contributed by atoms with van der Waals surface area (Å²) in [5, 5.41) is 17.8. The van der Waals surface area contributed by atoms with Crippen LogP contribution in [-0.2, 0) is 11.3 Å². The number of hydrogen-bond donors (Lipinski definition) is 1. The molecule has 1 fully saturated rings. The van der Waals surface area contributed by atoms with Crippen LogP contribution in [0, 0.1) is 25.6 Å². The summed E-state index contributed by atoms with van der Waals surface area (Å²) in [5.74, 6) is 0.921. The predicted molar refractivity (Wildman–Crippen MR) is 136 cm³/mol. The van der Waals surface area contributed by atoms with Gasteiger partial charge < -0.3 is 15.0 Å². The minimum Gasteiger partial charge on any atom is -0.497 e. The molecule has 0 aliphatic carbocycles. The van der Waals surface area contributed by atoms with Crippen LogP contribution in [0.2, 0.25) is 0 Å². The highest BCUT2D eigenvalue weighted by atomic mass is 19.1. The van der Waals surface area contributed by atoms with Gasteiger partial charge in [0.05, 0.1) is 35.5 Å². The van der Waals surface area contributed by atoms with Crippen molar-refractivity contribution >= 4 is 22.6 Å². The van der Waals surface area contributed by atoms with Crippen LogP contribution in [0.25, 0.3) is 16.6 Å². The van der Waals surface area contributed by atoms with Gasteiger partial charge in [0.25, 0.3) is 0 Å². The number of aryl methyl sites for hydroxylation is 2. The van der Waals surface area contributed by atoms with E-state index in [1.807, 2.05) is 42.8 Å². The fourth-order valence-electron chi connectivity index (χ4n) is 4.86. The molecule has 1 aliphatic heterocycles. The largest absolute Gasteiger partial charge is 0.497 e. The molecule has 1 saturated heterocycles. The lowest BCUT2D eigenvalue weighted by Crippen LogP contribution is -2.43. The first-order valence-corrected chi connectivity index (χ1v) is 12.1. The molecule has 1 N–H and O–H groups in total. The van der Waals surface area contributed by atoms with Gasteiger partial charge in [0.15, 0.2) is 5.82 Å². The number of carbonyl (C=O) groups is 1. The van der Waals surface area contributed by atoms with Crippen LogP contribution < -0.4 is 15.0 Å². The lowest BCUT2D eigenvalue weighted by molar-refractivity contribution is -0.125. The number of piperidine rings is 1. The van der Waals surface area contributed by atoms with Crippen molar-refractivity contribution in [2.75, 3.05) is 25.1 Å². The Kier molecular flexibility index (Phi) is 6.54. The van der Waals surface area contributed by atoms with Gasteiger partial charge in [0.1, 0.15) is 17.1 Å². The lowest BCUT2D eigenvalue weighted by atomic mass is 9.97. The van der Waals surface area contributed by atoms with Crippen LogP contribution >= 0.6 is 0 Å². The number of methoxy groups -OCH3 is 1. The molecule has 0 saturated carbocycles. The predicted octanol–water partition coefficient (Wildman–Crippen LogP) is 4.11. The number of aromatic nitrogens is 4. The first-order valence-electron chi connectivity index (χ1n) is 12.1. The second kappa shape index (κ2) is 9.93. The number of rotatable bonds is 6. The van der Waals surface area contributed by atoms with Gasteiger partial charge in [0.2, 0.25) is 5.91 Å². The van der Waals surface area contributed by atoms with Gasteiger partial charge in [-0.05, 0) is 68.7 Å². The van der Waals surface area contributed by atoms with Gasteiger partial charge >= 0.3 is 0 Å². The van der Waals surface area contributed by atoms with Gasteiger partial charge in [-0.3, -0.25) is 4.79 Å². The van der Waals surface area contributed by atoms with E-state index >= 15 is 0 Å². The summed E-state index contributed by atoms with van der Waals surface area (Å²) in [5.41, 5.74) is 4.22. The summed E-state index contributed by atoms with van der Waals surface area (Å²) in [6.45, 7) is 5.56. The fraction of sp³-hybridized carbons (Fsp3) is 0.333. The summed E-state index contributed by atoms with van der Waals surface area (Å²) in [6, 6.07) is 14.0. The van der Waals surface area contributed by atoms with Crippen LogP contribution in [-0.4, -0.2) is 46.1 Å². The molecule has 1 atom stereocenters. The van der Waals surface area contributed by atoms with Crippen LogP contribution in [0.15, 0.2) is 48.5 Å². The molecule has 2 aromatic heterocycles. The molecule has 2 aromatic carbocycles. The topological polar surface area (TPSA) is 85.2 Å². The Morgan fingerprint density at radius 1 is 1.17 bits per heavy atom. The van der Waals surface area contributed by atoms with Gasteiger partial charge in [-0.25, -0.2) is 9.07 Å². The van der Waals surface area contributed by atoms with E-state index in [1.54, 1.807) is 19.2 Å². The lowest BCUT2D eigenvalue weighted by Gasteiger charge is -2.32. The first-order chi connectivity index (χ1) is 17.4. The van der Waals surface area contributed by atoms with Crippen molar-refractivity contribution in [1.29, 1.82) is 0 Å². The minimum atomic E-state index is -0.308. The number of anilines is 1. The van der Waals surface area contributed by atoms with Crippen LogP contribution in [0.5, 0.6) is 5.75 Å². The third-order valence-electron chi connectivity index (χ3n) is 6.75. The Balaban J connectivity index is 1.39. The monoisotopic (exact) mass is 488 g/mol. The maximum Gasteiger partial charge on any atom is 0.225 e. The van der Waals surface area contributed by atoms with E-state index in [9.17, 15) is 9.18 Å². The number of fused-ring (bicyclic) bond motifs is 1. The van der Waals surface area contributed by atoms with Gasteiger partial charge in [0, 0.05) is 19.6 Å². The first kappa shape index (κ1) is 23.7. The van der Waals surface area contributed by atoms with Crippen molar-refractivity contribution in [2.24, 2.45) is 5.92 Å². The Morgan fingerprint density at radius 3 is 2.72 bits per heavy atom. The zero-order valence-electron chi connectivity index (χ0n) is 20.7. The SMILES string of the molecule is COc1ccc(-n2nc3c(N4CCC[C@H](C(=O)NCc5cccc(F)c5)C4)nnc(C)c3c2C)cc1. The minimum absolute atomic E-state index is 0.0415. The number of nitrogens with zero attached hydrogens (tertiary/aromatic N) is 5. The van der Waals surface area contributed by atoms with Crippen molar-refractivity contribution in [3.63, 3.8) is 0 Å². The van der Waals surface area contributed by atoms with Gasteiger partial charge in [-0.15, -0.1) is 5.10 Å². The molecule has 1 aliphatic rings. The molecular weight excluding hydrogens is 459 g/mol. The van der Waals surface area contributed by atoms with Crippen molar-refractivity contribution in [2.45, 2.75) is 33.2 Å². The highest BCUT2D eigenvalue weighted by molar-refractivity contribution is 5.92. The molecule has 0 bridgehead atoms. The third kappa shape index (κ3) is 4.60. The number of halogens is 1. The molecule has 0 unspecified atom stereocenters. The molecule has 36 heavy (non-hydrogen) atoms. The molecule has 0 spiro atoms. The quantitative estimate of drug-likeness (QED) is 0.440. The van der Waals surface area contributed by atoms with E-state index in [0.717, 1.165) is 58.7 Å². The van der Waals surface area contributed by atoms with Crippen molar-refractivity contribution in [3.8, 4) is 11.4 Å². The van der Waals surface area contributed by atoms with E-state index in [4.69, 9.17) is 9.84 Å². The molecule has 1 amide bonds. The molecular formula is C27H29FN6O2. The van der Waals surface area contributed by atoms with E-state index in [1.165, 1.54) is 12.1 Å². The number of benzene rings is 2. The molecule has 0 radical (unpaired) electrons. The summed E-state index contributed by atoms with van der Waals surface area (Å²) < 4.78 is 20.7. The Bertz CT molecular complexity index is 1400. The third-order valence-corrected chi connectivity index (χ3v) is 6.75. The van der Waals surface area contributed by atoms with Gasteiger partial charge in [-0.1, -0.05) is 12.1 Å². The molecule has 186 valence electrons. The maximum absolute atomic E-state index is 13.5. The number of amides is 1. The molecule has 4 aromatic rings. The smallest absolute Gasteiger partial charge is 0.225 e. The zero-order valence-corrected chi connectivity index (χ0v) is 20.7. The number of hydrogen-bond acceptors (Lipinski definition) is 6. The van der Waals surface area contributed by atoms with E-state index in [0.29, 0.717) is 18.9 Å². The zero-order chi connectivity index (χ0) is 25.2. The van der Waals surface area contributed by atoms with Crippen LogP contribution in [0.3, 0.4) is 0 Å². The average Bonchev–Trinajstić information content (AvgIpc) is 3.25. The standard InChI is InChI=1S/C27H29FN6O2/c1-17-24-18(2)34(22-9-11-23(36-3)12-10-22)32-25(24)26(31-30-17)33-13-5-7-20(16-33)27(35)29-15-19-6-4-8-21(28)14-19/h4,6,8-12,14,20H,5,7,13,15-16H2,1-3H3,(H,29,35)/t20-/m0/s1. The normalized spacial score (nSPS) is 15.8. The average molecular weight is 489 g/mol. The van der Waals surface area contributed by atoms with Gasteiger partial charge in [-0.2, -0.15) is 10.2 Å². The Labute approximate surface area is 209 Å². The second-order valence-corrected chi connectivity index (χ2v) is 9.16. The number of nitrogens with one attached hydrogen (secondary N) is 1. The number of carbonyl (C=O) groups excluding carboxylic acids is 1. The second-order valence-electron chi connectivity index (χ2n) is 9.16. The molecule has 5 rings (SSSR count). The summed E-state index contributed by atoms with van der Waals surface area (Å²) >= 11 is 0. The fourth-order valence-corrected chi connectivity index (χ4v) is 4.86. The van der Waals surface area contributed by atoms with E-state index in [-0.39, 0.29) is 17.6 Å². The summed E-state index contributed by atoms with van der Waals surface area (Å²) in [7, 11) is 1.64. The van der Waals surface area contributed by atoms with Crippen molar-refractivity contribution in [3.05, 3.63) is 71.3 Å². The Hall–Kier alpha value is -4.01. The number of ether oxygens (including phenoxy) is 1. The van der Waals surface area contributed by atoms with Crippen molar-refractivity contribution in [1.82, 2.24) is 25.3 Å². The molecule has 3 heterocycles. The van der Waals surface area contributed by atoms with E-state index < -0.39 is 0 Å². The summed E-state index contributed by atoms with van der Waals surface area (Å²) in [6.07, 6.45) is 1.64. The summed E-state index contributed by atoms with van der Waals surface area (Å²) in [4.78, 5) is 15.1. The van der Waals surface area contributed by atoms with Crippen LogP contribution in [0.1, 0.15) is 29.8 Å². The van der Waals surface area contributed by atoms with E-state index in [2.05, 4.69) is 20.4 Å². The highest BCUT2D eigenvalue weighted by Gasteiger charge is 2.29. The molecule has 9 heteroatoms.